The summed E-state index contributed by atoms with van der Waals surface area (Å²) in [6.07, 6.45) is 4.69. The number of aromatic amines is 1. The van der Waals surface area contributed by atoms with Gasteiger partial charge in [0.05, 0.1) is 11.7 Å². The molecule has 1 aromatic heterocycles. The smallest absolute Gasteiger partial charge is 0.0565 e. The van der Waals surface area contributed by atoms with E-state index in [1.165, 1.54) is 39.0 Å². The zero-order chi connectivity index (χ0) is 20.0. The summed E-state index contributed by atoms with van der Waals surface area (Å²) in [6.45, 7) is 4.69. The predicted octanol–water partition coefficient (Wildman–Crippen LogP) is 6.64. The number of para-hydroxylation sites is 2. The molecule has 0 aliphatic carbocycles. The van der Waals surface area contributed by atoms with E-state index in [4.69, 9.17) is 0 Å². The van der Waals surface area contributed by atoms with Gasteiger partial charge in [0.25, 0.3) is 0 Å². The molecular formula is C27H26N2. The SMILES string of the molecule is CN1c2ccccc2C(C)(C)C1C=Cc1c(-c2ccccc2)[nH]c2ccccc12. The zero-order valence-corrected chi connectivity index (χ0v) is 17.2. The number of H-pyrrole nitrogens is 1. The van der Waals surface area contributed by atoms with Gasteiger partial charge >= 0.3 is 0 Å². The molecule has 1 aliphatic heterocycles. The molecule has 1 aliphatic rings. The summed E-state index contributed by atoms with van der Waals surface area (Å²) >= 11 is 0. The molecule has 3 aromatic carbocycles. The van der Waals surface area contributed by atoms with Gasteiger partial charge in [-0.2, -0.15) is 0 Å². The molecule has 0 saturated heterocycles. The van der Waals surface area contributed by atoms with E-state index in [-0.39, 0.29) is 5.41 Å². The first-order valence-corrected chi connectivity index (χ1v) is 10.2. The summed E-state index contributed by atoms with van der Waals surface area (Å²) in [6, 6.07) is 28.2. The minimum absolute atomic E-state index is 0.0564. The van der Waals surface area contributed by atoms with Crippen LogP contribution in [-0.2, 0) is 5.41 Å². The first kappa shape index (κ1) is 17.8. The van der Waals surface area contributed by atoms with E-state index in [2.05, 4.69) is 122 Å². The van der Waals surface area contributed by atoms with Crippen molar-refractivity contribution in [2.45, 2.75) is 25.3 Å². The van der Waals surface area contributed by atoms with Crippen LogP contribution >= 0.6 is 0 Å². The molecule has 144 valence electrons. The van der Waals surface area contributed by atoms with Crippen LogP contribution in [0.5, 0.6) is 0 Å². The fourth-order valence-electron chi connectivity index (χ4n) is 4.85. The van der Waals surface area contributed by atoms with E-state index in [9.17, 15) is 0 Å². The highest BCUT2D eigenvalue weighted by Crippen LogP contribution is 2.45. The Labute approximate surface area is 172 Å². The molecule has 5 rings (SSSR count). The number of anilines is 1. The van der Waals surface area contributed by atoms with Crippen LogP contribution in [0, 0.1) is 0 Å². The van der Waals surface area contributed by atoms with Crippen LogP contribution < -0.4 is 4.90 Å². The lowest BCUT2D eigenvalue weighted by atomic mass is 9.80. The van der Waals surface area contributed by atoms with Crippen molar-refractivity contribution in [1.29, 1.82) is 0 Å². The summed E-state index contributed by atoms with van der Waals surface area (Å²) in [5.74, 6) is 0. The fourth-order valence-corrected chi connectivity index (χ4v) is 4.85. The maximum atomic E-state index is 3.64. The number of rotatable bonds is 3. The third-order valence-corrected chi connectivity index (χ3v) is 6.39. The molecule has 0 amide bonds. The number of aromatic nitrogens is 1. The van der Waals surface area contributed by atoms with E-state index in [1.54, 1.807) is 0 Å². The average Bonchev–Trinajstić information content (AvgIpc) is 3.21. The molecule has 1 unspecified atom stereocenters. The Morgan fingerprint density at radius 1 is 0.862 bits per heavy atom. The van der Waals surface area contributed by atoms with Gasteiger partial charge in [-0.25, -0.2) is 0 Å². The Bertz CT molecular complexity index is 1200. The predicted molar refractivity (Wildman–Crippen MR) is 124 cm³/mol. The van der Waals surface area contributed by atoms with Crippen molar-refractivity contribution >= 4 is 22.7 Å². The molecular weight excluding hydrogens is 352 g/mol. The topological polar surface area (TPSA) is 19.0 Å². The van der Waals surface area contributed by atoms with Gasteiger partial charge in [-0.05, 0) is 23.3 Å². The Balaban J connectivity index is 1.62. The highest BCUT2D eigenvalue weighted by atomic mass is 15.2. The normalized spacial score (nSPS) is 17.9. The molecule has 0 radical (unpaired) electrons. The second-order valence-corrected chi connectivity index (χ2v) is 8.48. The minimum Gasteiger partial charge on any atom is -0.367 e. The summed E-state index contributed by atoms with van der Waals surface area (Å²) in [4.78, 5) is 6.05. The van der Waals surface area contributed by atoms with E-state index in [1.807, 2.05) is 0 Å². The quantitative estimate of drug-likeness (QED) is 0.423. The van der Waals surface area contributed by atoms with E-state index >= 15 is 0 Å². The second-order valence-electron chi connectivity index (χ2n) is 8.48. The van der Waals surface area contributed by atoms with E-state index in [0.29, 0.717) is 6.04 Å². The molecule has 0 saturated carbocycles. The van der Waals surface area contributed by atoms with Crippen LogP contribution in [0.1, 0.15) is 25.0 Å². The van der Waals surface area contributed by atoms with Crippen LogP contribution in [0.4, 0.5) is 5.69 Å². The lowest BCUT2D eigenvalue weighted by molar-refractivity contribution is 0.489. The van der Waals surface area contributed by atoms with Crippen molar-refractivity contribution in [3.63, 3.8) is 0 Å². The van der Waals surface area contributed by atoms with Crippen molar-refractivity contribution in [2.24, 2.45) is 0 Å². The second kappa shape index (κ2) is 6.66. The minimum atomic E-state index is 0.0564. The third-order valence-electron chi connectivity index (χ3n) is 6.39. The van der Waals surface area contributed by atoms with Crippen molar-refractivity contribution in [3.05, 3.63) is 96.1 Å². The van der Waals surface area contributed by atoms with Crippen molar-refractivity contribution < 1.29 is 0 Å². The number of hydrogen-bond acceptors (Lipinski definition) is 1. The summed E-state index contributed by atoms with van der Waals surface area (Å²) in [5.41, 5.74) is 7.62. The molecule has 0 bridgehead atoms. The van der Waals surface area contributed by atoms with Crippen LogP contribution in [-0.4, -0.2) is 18.1 Å². The fraction of sp³-hybridized carbons (Fsp3) is 0.185. The van der Waals surface area contributed by atoms with Crippen molar-refractivity contribution in [2.75, 3.05) is 11.9 Å². The lowest BCUT2D eigenvalue weighted by Crippen LogP contribution is -2.37. The van der Waals surface area contributed by atoms with Gasteiger partial charge in [0.15, 0.2) is 0 Å². The molecule has 2 nitrogen and oxygen atoms in total. The van der Waals surface area contributed by atoms with Gasteiger partial charge in [0.2, 0.25) is 0 Å². The standard InChI is InChI=1S/C27H26N2/c1-27(2)22-14-8-10-16-24(22)29(3)25(27)18-17-21-20-13-7-9-15-23(20)28-26(21)19-11-5-4-6-12-19/h4-18,25,28H,1-3H3. The first-order chi connectivity index (χ1) is 14.1. The van der Waals surface area contributed by atoms with Crippen molar-refractivity contribution in [3.8, 4) is 11.3 Å². The highest BCUT2D eigenvalue weighted by Gasteiger charge is 2.41. The third kappa shape index (κ3) is 2.79. The summed E-state index contributed by atoms with van der Waals surface area (Å²) in [5, 5.41) is 1.26. The van der Waals surface area contributed by atoms with Crippen molar-refractivity contribution in [1.82, 2.24) is 4.98 Å². The summed E-state index contributed by atoms with van der Waals surface area (Å²) < 4.78 is 0. The Morgan fingerprint density at radius 3 is 2.34 bits per heavy atom. The number of likely N-dealkylation sites (N-methyl/N-ethyl adjacent to an activating group) is 1. The van der Waals surface area contributed by atoms with Crippen LogP contribution in [0.2, 0.25) is 0 Å². The maximum Gasteiger partial charge on any atom is 0.0565 e. The molecule has 1 atom stereocenters. The van der Waals surface area contributed by atoms with Crippen LogP contribution in [0.25, 0.3) is 28.2 Å². The van der Waals surface area contributed by atoms with Crippen LogP contribution in [0.3, 0.4) is 0 Å². The largest absolute Gasteiger partial charge is 0.367 e. The molecule has 0 spiro atoms. The Kier molecular flexibility index (Phi) is 4.09. The maximum absolute atomic E-state index is 3.64. The molecule has 2 heterocycles. The van der Waals surface area contributed by atoms with Gasteiger partial charge in [-0.1, -0.05) is 92.7 Å². The highest BCUT2D eigenvalue weighted by molar-refractivity contribution is 5.96. The van der Waals surface area contributed by atoms with Gasteiger partial charge in [0, 0.05) is 34.6 Å². The lowest BCUT2D eigenvalue weighted by Gasteiger charge is -2.29. The van der Waals surface area contributed by atoms with Gasteiger partial charge in [0.1, 0.15) is 0 Å². The van der Waals surface area contributed by atoms with Crippen LogP contribution in [0.15, 0.2) is 84.9 Å². The number of nitrogens with one attached hydrogen (secondary N) is 1. The monoisotopic (exact) mass is 378 g/mol. The Morgan fingerprint density at radius 2 is 1.55 bits per heavy atom. The van der Waals surface area contributed by atoms with E-state index < -0.39 is 0 Å². The number of benzene rings is 3. The number of hydrogen-bond donors (Lipinski definition) is 1. The molecule has 29 heavy (non-hydrogen) atoms. The molecule has 0 fully saturated rings. The zero-order valence-electron chi connectivity index (χ0n) is 17.2. The van der Waals surface area contributed by atoms with Gasteiger partial charge in [-0.3, -0.25) is 0 Å². The number of nitrogens with zero attached hydrogens (tertiary/aromatic N) is 1. The number of fused-ring (bicyclic) bond motifs is 2. The average molecular weight is 379 g/mol. The first-order valence-electron chi connectivity index (χ1n) is 10.2. The Hall–Kier alpha value is -3.26. The van der Waals surface area contributed by atoms with E-state index in [0.717, 1.165) is 0 Å². The molecule has 2 heteroatoms. The molecule has 4 aromatic rings. The van der Waals surface area contributed by atoms with Gasteiger partial charge < -0.3 is 9.88 Å². The summed E-state index contributed by atoms with van der Waals surface area (Å²) in [7, 11) is 2.20. The molecule has 1 N–H and O–H groups in total. The van der Waals surface area contributed by atoms with Gasteiger partial charge in [-0.15, -0.1) is 0 Å².